The van der Waals surface area contributed by atoms with E-state index in [-0.39, 0.29) is 6.61 Å². The van der Waals surface area contributed by atoms with E-state index in [0.29, 0.717) is 5.92 Å². The molecule has 3 nitrogen and oxygen atoms in total. The van der Waals surface area contributed by atoms with Gasteiger partial charge in [-0.2, -0.15) is 0 Å². The minimum absolute atomic E-state index is 0.244. The van der Waals surface area contributed by atoms with E-state index >= 15 is 0 Å². The van der Waals surface area contributed by atoms with Gasteiger partial charge in [-0.15, -0.1) is 0 Å². The van der Waals surface area contributed by atoms with Gasteiger partial charge in [0.1, 0.15) is 5.75 Å². The average molecular weight is 265 g/mol. The summed E-state index contributed by atoms with van der Waals surface area (Å²) in [6.45, 7) is 9.58. The molecule has 1 aromatic carbocycles. The van der Waals surface area contributed by atoms with Gasteiger partial charge in [0.05, 0.1) is 7.11 Å². The Kier molecular flexibility index (Phi) is 5.67. The van der Waals surface area contributed by atoms with Crippen LogP contribution in [-0.2, 0) is 0 Å². The number of anilines is 1. The van der Waals surface area contributed by atoms with Crippen molar-refractivity contribution in [3.63, 3.8) is 0 Å². The van der Waals surface area contributed by atoms with E-state index in [4.69, 9.17) is 4.74 Å². The van der Waals surface area contributed by atoms with E-state index in [2.05, 4.69) is 45.7 Å². The minimum Gasteiger partial charge on any atom is -0.496 e. The fourth-order valence-electron chi connectivity index (χ4n) is 2.63. The molecule has 1 rings (SSSR count). The van der Waals surface area contributed by atoms with Gasteiger partial charge in [-0.05, 0) is 55.9 Å². The standard InChI is InChI=1S/C16H27NO2/c1-7-14(10-18)9-17(5)16-11(2)8-15(19-6)12(3)13(16)4/h8,14,18H,7,9-10H2,1-6H3. The highest BCUT2D eigenvalue weighted by Crippen LogP contribution is 2.33. The van der Waals surface area contributed by atoms with Crippen molar-refractivity contribution in [2.75, 3.05) is 32.2 Å². The molecule has 1 aromatic rings. The van der Waals surface area contributed by atoms with Crippen LogP contribution in [-0.4, -0.2) is 32.4 Å². The van der Waals surface area contributed by atoms with Crippen molar-refractivity contribution in [1.82, 2.24) is 0 Å². The summed E-state index contributed by atoms with van der Waals surface area (Å²) >= 11 is 0. The summed E-state index contributed by atoms with van der Waals surface area (Å²) in [4.78, 5) is 2.25. The normalized spacial score (nSPS) is 12.4. The molecule has 0 spiro atoms. The maximum Gasteiger partial charge on any atom is 0.122 e. The number of methoxy groups -OCH3 is 1. The molecule has 0 aliphatic carbocycles. The summed E-state index contributed by atoms with van der Waals surface area (Å²) in [6.07, 6.45) is 0.994. The van der Waals surface area contributed by atoms with E-state index in [9.17, 15) is 5.11 Å². The first-order chi connectivity index (χ1) is 8.96. The zero-order chi connectivity index (χ0) is 14.6. The van der Waals surface area contributed by atoms with Crippen molar-refractivity contribution in [3.8, 4) is 5.75 Å². The number of hydrogen-bond acceptors (Lipinski definition) is 3. The van der Waals surface area contributed by atoms with Crippen LogP contribution in [0.5, 0.6) is 5.75 Å². The van der Waals surface area contributed by atoms with E-state index in [1.807, 2.05) is 0 Å². The van der Waals surface area contributed by atoms with Crippen LogP contribution in [0.3, 0.4) is 0 Å². The lowest BCUT2D eigenvalue weighted by Gasteiger charge is -2.28. The van der Waals surface area contributed by atoms with E-state index < -0.39 is 0 Å². The first-order valence-electron chi connectivity index (χ1n) is 6.92. The zero-order valence-electron chi connectivity index (χ0n) is 13.1. The van der Waals surface area contributed by atoms with Crippen molar-refractivity contribution >= 4 is 5.69 Å². The molecule has 0 radical (unpaired) electrons. The van der Waals surface area contributed by atoms with Crippen LogP contribution in [0.25, 0.3) is 0 Å². The summed E-state index contributed by atoms with van der Waals surface area (Å²) in [6, 6.07) is 2.09. The second-order valence-electron chi connectivity index (χ2n) is 5.33. The number of nitrogens with zero attached hydrogens (tertiary/aromatic N) is 1. The Bertz CT molecular complexity index is 425. The molecule has 0 aliphatic heterocycles. The Morgan fingerprint density at radius 1 is 1.26 bits per heavy atom. The second kappa shape index (κ2) is 6.80. The fraction of sp³-hybridized carbons (Fsp3) is 0.625. The van der Waals surface area contributed by atoms with Crippen molar-refractivity contribution in [1.29, 1.82) is 0 Å². The third-order valence-corrected chi connectivity index (χ3v) is 3.98. The molecule has 0 heterocycles. The maximum atomic E-state index is 9.35. The predicted molar refractivity (Wildman–Crippen MR) is 81.3 cm³/mol. The largest absolute Gasteiger partial charge is 0.496 e. The SMILES string of the molecule is CCC(CO)CN(C)c1c(C)cc(OC)c(C)c1C. The van der Waals surface area contributed by atoms with Gasteiger partial charge in [0.25, 0.3) is 0 Å². The van der Waals surface area contributed by atoms with Crippen LogP contribution in [0, 0.1) is 26.7 Å². The number of benzene rings is 1. The van der Waals surface area contributed by atoms with Crippen molar-refractivity contribution in [2.24, 2.45) is 5.92 Å². The van der Waals surface area contributed by atoms with Gasteiger partial charge < -0.3 is 14.7 Å². The highest BCUT2D eigenvalue weighted by Gasteiger charge is 2.16. The second-order valence-corrected chi connectivity index (χ2v) is 5.33. The van der Waals surface area contributed by atoms with E-state index in [0.717, 1.165) is 18.7 Å². The van der Waals surface area contributed by atoms with Gasteiger partial charge in [0, 0.05) is 25.9 Å². The van der Waals surface area contributed by atoms with Gasteiger partial charge in [-0.3, -0.25) is 0 Å². The van der Waals surface area contributed by atoms with E-state index in [1.54, 1.807) is 7.11 Å². The highest BCUT2D eigenvalue weighted by molar-refractivity contribution is 5.64. The topological polar surface area (TPSA) is 32.7 Å². The third-order valence-electron chi connectivity index (χ3n) is 3.98. The van der Waals surface area contributed by atoms with Gasteiger partial charge >= 0.3 is 0 Å². The highest BCUT2D eigenvalue weighted by atomic mass is 16.5. The van der Waals surface area contributed by atoms with Crippen LogP contribution >= 0.6 is 0 Å². The molecule has 1 unspecified atom stereocenters. The third kappa shape index (κ3) is 3.41. The van der Waals surface area contributed by atoms with Crippen molar-refractivity contribution in [2.45, 2.75) is 34.1 Å². The molecule has 0 fully saturated rings. The number of aryl methyl sites for hydroxylation is 1. The van der Waals surface area contributed by atoms with Crippen LogP contribution in [0.1, 0.15) is 30.0 Å². The van der Waals surface area contributed by atoms with Crippen LogP contribution < -0.4 is 9.64 Å². The smallest absolute Gasteiger partial charge is 0.122 e. The Labute approximate surface area is 117 Å². The Hall–Kier alpha value is -1.22. The number of aliphatic hydroxyl groups excluding tert-OH is 1. The Balaban J connectivity index is 3.09. The minimum atomic E-state index is 0.244. The molecule has 0 saturated carbocycles. The average Bonchev–Trinajstić information content (AvgIpc) is 2.40. The lowest BCUT2D eigenvalue weighted by molar-refractivity contribution is 0.225. The summed E-state index contributed by atoms with van der Waals surface area (Å²) in [5.74, 6) is 1.27. The van der Waals surface area contributed by atoms with E-state index in [1.165, 1.54) is 22.4 Å². The number of rotatable bonds is 6. The zero-order valence-corrected chi connectivity index (χ0v) is 13.1. The summed E-state index contributed by atoms with van der Waals surface area (Å²) in [5.41, 5.74) is 4.92. The molecule has 0 aliphatic rings. The van der Waals surface area contributed by atoms with Crippen LogP contribution in [0.15, 0.2) is 6.07 Å². The molecule has 108 valence electrons. The predicted octanol–water partition coefficient (Wildman–Crippen LogP) is 3.08. The summed E-state index contributed by atoms with van der Waals surface area (Å²) in [5, 5.41) is 9.35. The van der Waals surface area contributed by atoms with Crippen molar-refractivity contribution in [3.05, 3.63) is 22.8 Å². The molecular weight excluding hydrogens is 238 g/mol. The number of aliphatic hydroxyl groups is 1. The molecule has 0 saturated heterocycles. The van der Waals surface area contributed by atoms with Crippen LogP contribution in [0.4, 0.5) is 5.69 Å². The van der Waals surface area contributed by atoms with Gasteiger partial charge in [-0.25, -0.2) is 0 Å². The Morgan fingerprint density at radius 2 is 1.89 bits per heavy atom. The maximum absolute atomic E-state index is 9.35. The number of hydrogen-bond donors (Lipinski definition) is 1. The molecular formula is C16H27NO2. The van der Waals surface area contributed by atoms with Crippen LogP contribution in [0.2, 0.25) is 0 Å². The molecule has 0 bridgehead atoms. The summed E-state index contributed by atoms with van der Waals surface area (Å²) in [7, 11) is 3.81. The number of ether oxygens (including phenoxy) is 1. The quantitative estimate of drug-likeness (QED) is 0.858. The fourth-order valence-corrected chi connectivity index (χ4v) is 2.63. The molecule has 0 amide bonds. The molecule has 0 aromatic heterocycles. The Morgan fingerprint density at radius 3 is 2.37 bits per heavy atom. The first kappa shape index (κ1) is 15.8. The molecule has 19 heavy (non-hydrogen) atoms. The molecule has 1 N–H and O–H groups in total. The first-order valence-corrected chi connectivity index (χ1v) is 6.92. The van der Waals surface area contributed by atoms with Gasteiger partial charge in [0.15, 0.2) is 0 Å². The monoisotopic (exact) mass is 265 g/mol. The van der Waals surface area contributed by atoms with Gasteiger partial charge in [-0.1, -0.05) is 6.92 Å². The van der Waals surface area contributed by atoms with Crippen molar-refractivity contribution < 1.29 is 9.84 Å². The van der Waals surface area contributed by atoms with Gasteiger partial charge in [0.2, 0.25) is 0 Å². The molecule has 3 heteroatoms. The molecule has 1 atom stereocenters. The lowest BCUT2D eigenvalue weighted by atomic mass is 10.00. The summed E-state index contributed by atoms with van der Waals surface area (Å²) < 4.78 is 5.41. The lowest BCUT2D eigenvalue weighted by Crippen LogP contribution is -2.28.